The quantitative estimate of drug-likeness (QED) is 0.807. The first-order valence-electron chi connectivity index (χ1n) is 4.41. The summed E-state index contributed by atoms with van der Waals surface area (Å²) in [5, 5.41) is 8.94. The molecule has 4 heteroatoms. The van der Waals surface area contributed by atoms with Gasteiger partial charge in [-0.15, -0.1) is 0 Å². The van der Waals surface area contributed by atoms with Crippen LogP contribution in [0.1, 0.15) is 12.8 Å². The molecule has 0 aromatic heterocycles. The van der Waals surface area contributed by atoms with E-state index in [0.29, 0.717) is 12.8 Å². The maximum atomic E-state index is 13.1. The third kappa shape index (κ3) is 1.57. The number of aliphatic hydroxyl groups excluding tert-OH is 1. The molecule has 0 radical (unpaired) electrons. The largest absolute Gasteiger partial charge is 0.482 e. The Kier molecular flexibility index (Phi) is 2.15. The lowest BCUT2D eigenvalue weighted by Gasteiger charge is -2.15. The molecular formula is C10H10F2O2. The first-order valence-corrected chi connectivity index (χ1v) is 4.41. The number of ether oxygens (including phenoxy) is 1. The Bertz CT molecular complexity index is 348. The SMILES string of the molecule is OCC1(Oc2cccc(F)c2F)CC1. The van der Waals surface area contributed by atoms with Crippen LogP contribution in [0.3, 0.4) is 0 Å². The van der Waals surface area contributed by atoms with E-state index in [1.807, 2.05) is 0 Å². The molecule has 0 spiro atoms. The fourth-order valence-corrected chi connectivity index (χ4v) is 1.23. The van der Waals surface area contributed by atoms with Crippen molar-refractivity contribution >= 4 is 0 Å². The summed E-state index contributed by atoms with van der Waals surface area (Å²) in [5.41, 5.74) is -0.672. The average molecular weight is 200 g/mol. The molecule has 1 aromatic rings. The van der Waals surface area contributed by atoms with Gasteiger partial charge in [-0.2, -0.15) is 4.39 Å². The van der Waals surface area contributed by atoms with Crippen LogP contribution in [-0.2, 0) is 0 Å². The van der Waals surface area contributed by atoms with Crippen molar-refractivity contribution in [2.45, 2.75) is 18.4 Å². The van der Waals surface area contributed by atoms with E-state index in [1.165, 1.54) is 12.1 Å². The number of aliphatic hydroxyl groups is 1. The van der Waals surface area contributed by atoms with Crippen LogP contribution < -0.4 is 4.74 Å². The summed E-state index contributed by atoms with van der Waals surface area (Å²) in [6.45, 7) is -0.164. The maximum absolute atomic E-state index is 13.1. The van der Waals surface area contributed by atoms with Gasteiger partial charge in [-0.1, -0.05) is 6.07 Å². The zero-order valence-electron chi connectivity index (χ0n) is 7.46. The van der Waals surface area contributed by atoms with Gasteiger partial charge in [0.1, 0.15) is 5.60 Å². The smallest absolute Gasteiger partial charge is 0.200 e. The molecule has 0 bridgehead atoms. The first kappa shape index (κ1) is 9.40. The lowest BCUT2D eigenvalue weighted by molar-refractivity contribution is 0.0906. The van der Waals surface area contributed by atoms with Crippen molar-refractivity contribution in [3.05, 3.63) is 29.8 Å². The third-order valence-corrected chi connectivity index (χ3v) is 2.34. The Hall–Kier alpha value is -1.16. The third-order valence-electron chi connectivity index (χ3n) is 2.34. The summed E-state index contributed by atoms with van der Waals surface area (Å²) in [7, 11) is 0. The zero-order chi connectivity index (χ0) is 10.2. The molecule has 1 aromatic carbocycles. The lowest BCUT2D eigenvalue weighted by Crippen LogP contribution is -2.23. The van der Waals surface area contributed by atoms with Crippen LogP contribution in [0.15, 0.2) is 18.2 Å². The van der Waals surface area contributed by atoms with Gasteiger partial charge in [0, 0.05) is 0 Å². The highest BCUT2D eigenvalue weighted by Gasteiger charge is 2.45. The number of hydrogen-bond donors (Lipinski definition) is 1. The van der Waals surface area contributed by atoms with Crippen LogP contribution in [0.4, 0.5) is 8.78 Å². The molecule has 0 saturated heterocycles. The van der Waals surface area contributed by atoms with Gasteiger partial charge in [0.25, 0.3) is 0 Å². The van der Waals surface area contributed by atoms with Crippen LogP contribution >= 0.6 is 0 Å². The van der Waals surface area contributed by atoms with E-state index in [2.05, 4.69) is 0 Å². The van der Waals surface area contributed by atoms with Gasteiger partial charge in [-0.3, -0.25) is 0 Å². The molecule has 1 fully saturated rings. The summed E-state index contributed by atoms with van der Waals surface area (Å²) in [6.07, 6.45) is 1.36. The minimum atomic E-state index is -0.993. The fourth-order valence-electron chi connectivity index (χ4n) is 1.23. The molecule has 0 aliphatic heterocycles. The second kappa shape index (κ2) is 3.20. The van der Waals surface area contributed by atoms with E-state index in [-0.39, 0.29) is 12.4 Å². The van der Waals surface area contributed by atoms with Gasteiger partial charge < -0.3 is 9.84 Å². The van der Waals surface area contributed by atoms with Gasteiger partial charge in [-0.25, -0.2) is 4.39 Å². The molecule has 0 heterocycles. The number of halogens is 2. The average Bonchev–Trinajstić information content (AvgIpc) is 2.94. The molecule has 0 unspecified atom stereocenters. The minimum Gasteiger partial charge on any atom is -0.482 e. The van der Waals surface area contributed by atoms with E-state index >= 15 is 0 Å². The van der Waals surface area contributed by atoms with Gasteiger partial charge in [0.15, 0.2) is 11.6 Å². The molecule has 1 aliphatic rings. The number of rotatable bonds is 3. The van der Waals surface area contributed by atoms with Gasteiger partial charge in [0.2, 0.25) is 5.82 Å². The highest BCUT2D eigenvalue weighted by molar-refractivity contribution is 5.27. The molecule has 14 heavy (non-hydrogen) atoms. The van der Waals surface area contributed by atoms with Crippen LogP contribution in [0, 0.1) is 11.6 Å². The second-order valence-electron chi connectivity index (χ2n) is 3.50. The van der Waals surface area contributed by atoms with Crippen molar-refractivity contribution in [3.63, 3.8) is 0 Å². The zero-order valence-corrected chi connectivity index (χ0v) is 7.46. The predicted octanol–water partition coefficient (Wildman–Crippen LogP) is 1.87. The number of benzene rings is 1. The van der Waals surface area contributed by atoms with Crippen molar-refractivity contribution < 1.29 is 18.6 Å². The molecule has 2 nitrogen and oxygen atoms in total. The van der Waals surface area contributed by atoms with Crippen molar-refractivity contribution in [2.24, 2.45) is 0 Å². The van der Waals surface area contributed by atoms with E-state index in [1.54, 1.807) is 0 Å². The van der Waals surface area contributed by atoms with E-state index in [0.717, 1.165) is 6.07 Å². The molecule has 76 valence electrons. The Balaban J connectivity index is 2.21. The Labute approximate surface area is 80.1 Å². The Morgan fingerprint density at radius 2 is 2.07 bits per heavy atom. The first-order chi connectivity index (χ1) is 6.67. The van der Waals surface area contributed by atoms with E-state index < -0.39 is 17.2 Å². The van der Waals surface area contributed by atoms with Gasteiger partial charge >= 0.3 is 0 Å². The van der Waals surface area contributed by atoms with Gasteiger partial charge in [-0.05, 0) is 25.0 Å². The fraction of sp³-hybridized carbons (Fsp3) is 0.400. The van der Waals surface area contributed by atoms with E-state index in [9.17, 15) is 8.78 Å². The molecule has 1 saturated carbocycles. The van der Waals surface area contributed by atoms with E-state index in [4.69, 9.17) is 9.84 Å². The standard InChI is InChI=1S/C10H10F2O2/c11-7-2-1-3-8(9(7)12)14-10(6-13)4-5-10/h1-3,13H,4-6H2. The van der Waals surface area contributed by atoms with Crippen molar-refractivity contribution in [1.29, 1.82) is 0 Å². The summed E-state index contributed by atoms with van der Waals surface area (Å²) in [5.74, 6) is -2.06. The molecule has 0 atom stereocenters. The summed E-state index contributed by atoms with van der Waals surface area (Å²) in [4.78, 5) is 0. The van der Waals surface area contributed by atoms with Crippen LogP contribution in [0.2, 0.25) is 0 Å². The lowest BCUT2D eigenvalue weighted by atomic mass is 10.3. The Morgan fingerprint density at radius 1 is 1.36 bits per heavy atom. The van der Waals surface area contributed by atoms with Crippen molar-refractivity contribution in [3.8, 4) is 5.75 Å². The number of hydrogen-bond acceptors (Lipinski definition) is 2. The summed E-state index contributed by atoms with van der Waals surface area (Å²) in [6, 6.07) is 3.76. The van der Waals surface area contributed by atoms with Crippen LogP contribution in [-0.4, -0.2) is 17.3 Å². The Morgan fingerprint density at radius 3 is 2.64 bits per heavy atom. The van der Waals surface area contributed by atoms with Gasteiger partial charge in [0.05, 0.1) is 6.61 Å². The van der Waals surface area contributed by atoms with Crippen LogP contribution in [0.5, 0.6) is 5.75 Å². The minimum absolute atomic E-state index is 0.128. The monoisotopic (exact) mass is 200 g/mol. The normalized spacial score (nSPS) is 17.9. The molecule has 1 N–H and O–H groups in total. The predicted molar refractivity (Wildman–Crippen MR) is 46.0 cm³/mol. The highest BCUT2D eigenvalue weighted by Crippen LogP contribution is 2.40. The summed E-state index contributed by atoms with van der Waals surface area (Å²) < 4.78 is 31.1. The molecule has 0 amide bonds. The van der Waals surface area contributed by atoms with Crippen molar-refractivity contribution in [2.75, 3.05) is 6.61 Å². The molecular weight excluding hydrogens is 190 g/mol. The highest BCUT2D eigenvalue weighted by atomic mass is 19.2. The second-order valence-corrected chi connectivity index (χ2v) is 3.50. The topological polar surface area (TPSA) is 29.5 Å². The van der Waals surface area contributed by atoms with Crippen molar-refractivity contribution in [1.82, 2.24) is 0 Å². The maximum Gasteiger partial charge on any atom is 0.200 e. The molecule has 2 rings (SSSR count). The van der Waals surface area contributed by atoms with Crippen LogP contribution in [0.25, 0.3) is 0 Å². The summed E-state index contributed by atoms with van der Waals surface area (Å²) >= 11 is 0. The molecule has 1 aliphatic carbocycles.